The van der Waals surface area contributed by atoms with Crippen LogP contribution in [0.5, 0.6) is 5.88 Å². The van der Waals surface area contributed by atoms with Crippen LogP contribution in [0.4, 0.5) is 5.95 Å². The van der Waals surface area contributed by atoms with E-state index in [-0.39, 0.29) is 11.5 Å². The molecular weight excluding hydrogens is 234 g/mol. The van der Waals surface area contributed by atoms with Crippen LogP contribution in [-0.4, -0.2) is 26.2 Å². The summed E-state index contributed by atoms with van der Waals surface area (Å²) >= 11 is 0. The van der Waals surface area contributed by atoms with E-state index >= 15 is 0 Å². The summed E-state index contributed by atoms with van der Waals surface area (Å²) in [6.07, 6.45) is 1.07. The maximum absolute atomic E-state index is 10.7. The summed E-state index contributed by atoms with van der Waals surface area (Å²) in [6.45, 7) is 0.493. The summed E-state index contributed by atoms with van der Waals surface area (Å²) in [5, 5.41) is 21.0. The van der Waals surface area contributed by atoms with Crippen molar-refractivity contribution < 1.29 is 15.0 Å². The van der Waals surface area contributed by atoms with Crippen molar-refractivity contribution in [2.24, 2.45) is 0 Å². The molecule has 1 aromatic carbocycles. The highest BCUT2D eigenvalue weighted by molar-refractivity contribution is 5.89. The average Bonchev–Trinajstić information content (AvgIpc) is 2.37. The number of hydrogen-bond acceptors (Lipinski definition) is 5. The summed E-state index contributed by atoms with van der Waals surface area (Å²) in [7, 11) is 0. The lowest BCUT2D eigenvalue weighted by atomic mass is 10.2. The molecule has 0 spiro atoms. The van der Waals surface area contributed by atoms with Crippen LogP contribution in [0.15, 0.2) is 36.5 Å². The maximum atomic E-state index is 10.7. The van der Waals surface area contributed by atoms with Gasteiger partial charge in [-0.1, -0.05) is 30.3 Å². The van der Waals surface area contributed by atoms with Crippen LogP contribution in [0.25, 0.3) is 0 Å². The Morgan fingerprint density at radius 1 is 1.28 bits per heavy atom. The molecule has 1 heterocycles. The first kappa shape index (κ1) is 11.8. The summed E-state index contributed by atoms with van der Waals surface area (Å²) in [6, 6.07) is 9.58. The fraction of sp³-hybridized carbons (Fsp3) is 0.0833. The van der Waals surface area contributed by atoms with E-state index in [1.165, 1.54) is 0 Å². The molecule has 0 bridgehead atoms. The Labute approximate surface area is 103 Å². The molecule has 18 heavy (non-hydrogen) atoms. The number of aromatic nitrogens is 2. The predicted molar refractivity (Wildman–Crippen MR) is 64.4 cm³/mol. The first-order valence-electron chi connectivity index (χ1n) is 5.24. The lowest BCUT2D eigenvalue weighted by molar-refractivity contribution is 0.0692. The summed E-state index contributed by atoms with van der Waals surface area (Å²) in [4.78, 5) is 18.1. The number of nitrogens with zero attached hydrogens (tertiary/aromatic N) is 2. The summed E-state index contributed by atoms with van der Waals surface area (Å²) in [5.74, 6) is -1.63. The Hall–Kier alpha value is -2.63. The van der Waals surface area contributed by atoms with Gasteiger partial charge < -0.3 is 15.5 Å². The zero-order valence-electron chi connectivity index (χ0n) is 9.37. The highest BCUT2D eigenvalue weighted by Crippen LogP contribution is 2.14. The van der Waals surface area contributed by atoms with Crippen LogP contribution >= 0.6 is 0 Å². The molecule has 6 nitrogen and oxygen atoms in total. The molecule has 0 aliphatic rings. The van der Waals surface area contributed by atoms with Crippen molar-refractivity contribution >= 4 is 11.9 Å². The largest absolute Gasteiger partial charge is 0.493 e. The lowest BCUT2D eigenvalue weighted by Gasteiger charge is -2.05. The Morgan fingerprint density at radius 2 is 2.00 bits per heavy atom. The van der Waals surface area contributed by atoms with Crippen molar-refractivity contribution in [2.75, 3.05) is 5.32 Å². The van der Waals surface area contributed by atoms with Crippen LogP contribution in [0.1, 0.15) is 15.9 Å². The van der Waals surface area contributed by atoms with Gasteiger partial charge in [0.05, 0.1) is 6.20 Å². The predicted octanol–water partition coefficient (Wildman–Crippen LogP) is 1.49. The van der Waals surface area contributed by atoms with Gasteiger partial charge in [0.25, 0.3) is 0 Å². The second-order valence-corrected chi connectivity index (χ2v) is 3.58. The van der Waals surface area contributed by atoms with E-state index < -0.39 is 11.8 Å². The van der Waals surface area contributed by atoms with Crippen molar-refractivity contribution in [1.29, 1.82) is 0 Å². The lowest BCUT2D eigenvalue weighted by Crippen LogP contribution is -2.06. The molecule has 2 rings (SSSR count). The molecule has 0 aliphatic carbocycles. The number of carboxylic acid groups (broad SMARTS) is 1. The molecule has 0 amide bonds. The summed E-state index contributed by atoms with van der Waals surface area (Å²) < 4.78 is 0. The smallest absolute Gasteiger partial charge is 0.342 e. The van der Waals surface area contributed by atoms with Crippen LogP contribution in [0.2, 0.25) is 0 Å². The van der Waals surface area contributed by atoms with Crippen LogP contribution < -0.4 is 5.32 Å². The first-order chi connectivity index (χ1) is 8.66. The Morgan fingerprint density at radius 3 is 2.61 bits per heavy atom. The molecular formula is C12H11N3O3. The van der Waals surface area contributed by atoms with Crippen LogP contribution in [0, 0.1) is 0 Å². The molecule has 0 fully saturated rings. The molecule has 3 N–H and O–H groups in total. The van der Waals surface area contributed by atoms with Crippen molar-refractivity contribution in [1.82, 2.24) is 9.97 Å². The number of benzene rings is 1. The van der Waals surface area contributed by atoms with Gasteiger partial charge in [-0.25, -0.2) is 9.78 Å². The van der Waals surface area contributed by atoms with Gasteiger partial charge in [0, 0.05) is 6.54 Å². The van der Waals surface area contributed by atoms with Gasteiger partial charge in [0.15, 0.2) is 0 Å². The third-order valence-electron chi connectivity index (χ3n) is 2.29. The standard InChI is InChI=1S/C12H11N3O3/c16-10-9(11(17)18)7-14-12(15-10)13-6-8-4-2-1-3-5-8/h1-5,7H,6H2,(H,17,18)(H2,13,14,15,16). The van der Waals surface area contributed by atoms with Gasteiger partial charge in [0.1, 0.15) is 5.56 Å². The molecule has 0 radical (unpaired) electrons. The Kier molecular flexibility index (Phi) is 3.38. The number of nitrogens with one attached hydrogen (secondary N) is 1. The van der Waals surface area contributed by atoms with Crippen LogP contribution in [-0.2, 0) is 6.54 Å². The fourth-order valence-electron chi connectivity index (χ4n) is 1.39. The Bertz CT molecular complexity index is 558. The monoisotopic (exact) mass is 245 g/mol. The SMILES string of the molecule is O=C(O)c1cnc(NCc2ccccc2)nc1O. The highest BCUT2D eigenvalue weighted by atomic mass is 16.4. The van der Waals surface area contributed by atoms with Crippen molar-refractivity contribution in [3.63, 3.8) is 0 Å². The maximum Gasteiger partial charge on any atom is 0.342 e. The minimum absolute atomic E-state index is 0.182. The van der Waals surface area contributed by atoms with Gasteiger partial charge in [-0.15, -0.1) is 0 Å². The van der Waals surface area contributed by atoms with Gasteiger partial charge in [-0.3, -0.25) is 0 Å². The van der Waals surface area contributed by atoms with E-state index in [1.54, 1.807) is 0 Å². The third-order valence-corrected chi connectivity index (χ3v) is 2.29. The third kappa shape index (κ3) is 2.73. The minimum Gasteiger partial charge on any atom is -0.493 e. The van der Waals surface area contributed by atoms with E-state index in [2.05, 4.69) is 15.3 Å². The quantitative estimate of drug-likeness (QED) is 0.755. The Balaban J connectivity index is 2.07. The number of rotatable bonds is 4. The number of aromatic hydroxyl groups is 1. The number of anilines is 1. The van der Waals surface area contributed by atoms with E-state index in [9.17, 15) is 9.90 Å². The molecule has 2 aromatic rings. The van der Waals surface area contributed by atoms with E-state index in [1.807, 2.05) is 30.3 Å². The van der Waals surface area contributed by atoms with E-state index in [0.717, 1.165) is 11.8 Å². The number of aromatic carboxylic acids is 1. The second kappa shape index (κ2) is 5.13. The molecule has 0 aliphatic heterocycles. The highest BCUT2D eigenvalue weighted by Gasteiger charge is 2.12. The first-order valence-corrected chi connectivity index (χ1v) is 5.24. The van der Waals surface area contributed by atoms with Crippen LogP contribution in [0.3, 0.4) is 0 Å². The van der Waals surface area contributed by atoms with Gasteiger partial charge >= 0.3 is 5.97 Å². The zero-order chi connectivity index (χ0) is 13.0. The topological polar surface area (TPSA) is 95.3 Å². The minimum atomic E-state index is -1.26. The van der Waals surface area contributed by atoms with Crippen molar-refractivity contribution in [2.45, 2.75) is 6.54 Å². The molecule has 1 aromatic heterocycles. The van der Waals surface area contributed by atoms with Gasteiger partial charge in [-0.2, -0.15) is 4.98 Å². The summed E-state index contributed by atoms with van der Waals surface area (Å²) in [5.41, 5.74) is 0.711. The van der Waals surface area contributed by atoms with E-state index in [0.29, 0.717) is 6.54 Å². The van der Waals surface area contributed by atoms with E-state index in [4.69, 9.17) is 5.11 Å². The van der Waals surface area contributed by atoms with Crippen molar-refractivity contribution in [3.8, 4) is 5.88 Å². The molecule has 92 valence electrons. The molecule has 0 saturated carbocycles. The fourth-order valence-corrected chi connectivity index (χ4v) is 1.39. The number of carbonyl (C=O) groups is 1. The van der Waals surface area contributed by atoms with Crippen molar-refractivity contribution in [3.05, 3.63) is 47.7 Å². The zero-order valence-corrected chi connectivity index (χ0v) is 9.37. The number of hydrogen-bond donors (Lipinski definition) is 3. The molecule has 0 atom stereocenters. The molecule has 0 unspecified atom stereocenters. The second-order valence-electron chi connectivity index (χ2n) is 3.58. The average molecular weight is 245 g/mol. The number of carboxylic acids is 1. The van der Waals surface area contributed by atoms with Gasteiger partial charge in [0.2, 0.25) is 11.8 Å². The molecule has 0 saturated heterocycles. The normalized spacial score (nSPS) is 10.0. The molecule has 6 heteroatoms. The van der Waals surface area contributed by atoms with Gasteiger partial charge in [-0.05, 0) is 5.56 Å².